The summed E-state index contributed by atoms with van der Waals surface area (Å²) in [5.74, 6) is 0.465. The summed E-state index contributed by atoms with van der Waals surface area (Å²) >= 11 is 0. The van der Waals surface area contributed by atoms with Gasteiger partial charge in [-0.1, -0.05) is 20.3 Å². The molecule has 1 aliphatic heterocycles. The molecule has 1 saturated heterocycles. The minimum Gasteiger partial charge on any atom is -0.493 e. The van der Waals surface area contributed by atoms with Gasteiger partial charge in [-0.25, -0.2) is 13.4 Å². The molecular formula is C23H32N6O6S. The summed E-state index contributed by atoms with van der Waals surface area (Å²) in [6.45, 7) is 6.66. The molecule has 3 aromatic rings. The third-order valence-corrected chi connectivity index (χ3v) is 8.10. The molecule has 2 unspecified atom stereocenters. The number of nitrogens with zero attached hydrogens (tertiary/aromatic N) is 5. The first kappa shape index (κ1) is 26.2. The molecule has 12 nitrogen and oxygen atoms in total. The van der Waals surface area contributed by atoms with Gasteiger partial charge in [0.25, 0.3) is 5.56 Å². The van der Waals surface area contributed by atoms with Crippen molar-refractivity contribution in [1.82, 2.24) is 29.0 Å². The lowest BCUT2D eigenvalue weighted by Crippen LogP contribution is -2.60. The lowest BCUT2D eigenvalue weighted by molar-refractivity contribution is -0.106. The van der Waals surface area contributed by atoms with Crippen LogP contribution in [0.15, 0.2) is 27.9 Å². The molecule has 0 spiro atoms. The van der Waals surface area contributed by atoms with Gasteiger partial charge in [0.2, 0.25) is 10.0 Å². The van der Waals surface area contributed by atoms with Gasteiger partial charge in [-0.2, -0.15) is 5.10 Å². The molecule has 0 amide bonds. The van der Waals surface area contributed by atoms with Crippen LogP contribution in [0.1, 0.15) is 32.9 Å². The van der Waals surface area contributed by atoms with Crippen molar-refractivity contribution in [3.05, 3.63) is 34.2 Å². The molecule has 2 atom stereocenters. The van der Waals surface area contributed by atoms with Gasteiger partial charge in [0.15, 0.2) is 5.52 Å². The first-order chi connectivity index (χ1) is 17.1. The van der Waals surface area contributed by atoms with E-state index in [0.717, 1.165) is 6.42 Å². The van der Waals surface area contributed by atoms with Crippen molar-refractivity contribution in [1.29, 1.82) is 0 Å². The van der Waals surface area contributed by atoms with Crippen molar-refractivity contribution in [3.63, 3.8) is 0 Å². The summed E-state index contributed by atoms with van der Waals surface area (Å²) in [6, 6.07) is 4.16. The Balaban J connectivity index is 1.85. The van der Waals surface area contributed by atoms with Crippen LogP contribution in [0, 0.1) is 0 Å². The highest BCUT2D eigenvalue weighted by atomic mass is 32.2. The Labute approximate surface area is 209 Å². The number of H-pyrrole nitrogens is 1. The van der Waals surface area contributed by atoms with Gasteiger partial charge >= 0.3 is 0 Å². The molecule has 13 heteroatoms. The number of sulfonamides is 1. The molecule has 0 aliphatic carbocycles. The molecular weight excluding hydrogens is 488 g/mol. The maximum atomic E-state index is 13.5. The number of hydrogen-bond donors (Lipinski definition) is 3. The van der Waals surface area contributed by atoms with E-state index in [1.165, 1.54) is 22.9 Å². The summed E-state index contributed by atoms with van der Waals surface area (Å²) < 4.78 is 34.9. The maximum Gasteiger partial charge on any atom is 0.277 e. The van der Waals surface area contributed by atoms with Crippen LogP contribution in [0.5, 0.6) is 5.75 Å². The number of likely N-dealkylation sites (N-methyl/N-ethyl adjacent to an activating group) is 1. The third kappa shape index (κ3) is 4.64. The minimum atomic E-state index is -4.30. The molecule has 196 valence electrons. The van der Waals surface area contributed by atoms with Crippen LogP contribution in [0.3, 0.4) is 0 Å². The van der Waals surface area contributed by atoms with Gasteiger partial charge in [0.05, 0.1) is 22.8 Å². The van der Waals surface area contributed by atoms with Crippen molar-refractivity contribution in [3.8, 4) is 17.1 Å². The molecule has 1 fully saturated rings. The Kier molecular flexibility index (Phi) is 7.48. The van der Waals surface area contributed by atoms with Gasteiger partial charge in [0.1, 0.15) is 29.5 Å². The average Bonchev–Trinajstić information content (AvgIpc) is 3.14. The molecule has 0 saturated carbocycles. The van der Waals surface area contributed by atoms with Crippen LogP contribution in [-0.2, 0) is 23.5 Å². The van der Waals surface area contributed by atoms with Crippen molar-refractivity contribution in [2.24, 2.45) is 7.05 Å². The highest BCUT2D eigenvalue weighted by molar-refractivity contribution is 7.89. The number of aliphatic hydroxyl groups is 2. The van der Waals surface area contributed by atoms with E-state index in [1.807, 2.05) is 13.8 Å². The standard InChI is InChI=1S/C23H32N6O6S/c1-5-8-16-20-21(27(4)26-16)23(32)25-22(24-20)15-11-14(9-10-17(15)35-7-3)36(33,34)29-18(30)12-28(6-2)13-19(29)31/h9-11,18-19,30-31H,5-8,12-13H2,1-4H3,(H,24,25,32). The number of aryl methyl sites for hydroxylation is 2. The quantitative estimate of drug-likeness (QED) is 0.388. The molecule has 2 aromatic heterocycles. The smallest absolute Gasteiger partial charge is 0.277 e. The van der Waals surface area contributed by atoms with Crippen molar-refractivity contribution in [2.45, 2.75) is 51.0 Å². The van der Waals surface area contributed by atoms with Gasteiger partial charge in [-0.15, -0.1) is 4.31 Å². The molecule has 1 aromatic carbocycles. The summed E-state index contributed by atoms with van der Waals surface area (Å²) in [5.41, 5.74) is 1.28. The Morgan fingerprint density at radius 1 is 1.17 bits per heavy atom. The second kappa shape index (κ2) is 10.3. The van der Waals surface area contributed by atoms with Crippen LogP contribution in [0.2, 0.25) is 0 Å². The number of aromatic amines is 1. The van der Waals surface area contributed by atoms with E-state index in [9.17, 15) is 23.4 Å². The summed E-state index contributed by atoms with van der Waals surface area (Å²) in [7, 11) is -2.63. The van der Waals surface area contributed by atoms with Crippen molar-refractivity contribution >= 4 is 21.1 Å². The van der Waals surface area contributed by atoms with E-state index in [1.54, 1.807) is 18.9 Å². The van der Waals surface area contributed by atoms with Crippen LogP contribution in [-0.4, -0.2) is 86.3 Å². The number of aliphatic hydroxyl groups excluding tert-OH is 2. The summed E-state index contributed by atoms with van der Waals surface area (Å²) in [6.07, 6.45) is -1.41. The van der Waals surface area contributed by atoms with Crippen molar-refractivity contribution < 1.29 is 23.4 Å². The number of benzene rings is 1. The Morgan fingerprint density at radius 3 is 2.47 bits per heavy atom. The number of aromatic nitrogens is 4. The molecule has 3 N–H and O–H groups in total. The lowest BCUT2D eigenvalue weighted by atomic mass is 10.1. The normalized spacial score (nSPS) is 19.7. The number of hydrogen-bond acceptors (Lipinski definition) is 9. The topological polar surface area (TPSA) is 154 Å². The van der Waals surface area contributed by atoms with E-state index in [4.69, 9.17) is 4.74 Å². The first-order valence-corrected chi connectivity index (χ1v) is 13.4. The van der Waals surface area contributed by atoms with Gasteiger partial charge in [-0.3, -0.25) is 14.4 Å². The number of ether oxygens (including phenoxy) is 1. The Hall–Kier alpha value is -2.84. The Bertz CT molecular complexity index is 1410. The Morgan fingerprint density at radius 2 is 1.86 bits per heavy atom. The third-order valence-electron chi connectivity index (χ3n) is 6.21. The van der Waals surface area contributed by atoms with E-state index in [0.29, 0.717) is 46.4 Å². The second-order valence-corrected chi connectivity index (χ2v) is 10.5. The minimum absolute atomic E-state index is 0.0728. The highest BCUT2D eigenvalue weighted by Gasteiger charge is 2.41. The SMILES string of the molecule is CCCc1nn(C)c2c(=O)[nH]c(-c3cc(S(=O)(=O)N4C(O)CN(CC)CC4O)ccc3OCC)nc12. The number of nitrogens with one attached hydrogen (secondary N) is 1. The zero-order chi connectivity index (χ0) is 26.2. The van der Waals surface area contributed by atoms with Crippen molar-refractivity contribution in [2.75, 3.05) is 26.2 Å². The zero-order valence-corrected chi connectivity index (χ0v) is 21.6. The van der Waals surface area contributed by atoms with E-state index in [-0.39, 0.29) is 29.4 Å². The van der Waals surface area contributed by atoms with Crippen LogP contribution < -0.4 is 10.3 Å². The second-order valence-electron chi connectivity index (χ2n) is 8.67. The molecule has 0 radical (unpaired) electrons. The van der Waals surface area contributed by atoms with Crippen LogP contribution >= 0.6 is 0 Å². The average molecular weight is 521 g/mol. The molecule has 36 heavy (non-hydrogen) atoms. The van der Waals surface area contributed by atoms with E-state index < -0.39 is 28.0 Å². The first-order valence-electron chi connectivity index (χ1n) is 12.0. The fourth-order valence-corrected chi connectivity index (χ4v) is 6.04. The summed E-state index contributed by atoms with van der Waals surface area (Å²) in [5, 5.41) is 25.5. The molecule has 0 bridgehead atoms. The number of rotatable bonds is 8. The van der Waals surface area contributed by atoms with E-state index >= 15 is 0 Å². The molecule has 4 rings (SSSR count). The zero-order valence-electron chi connectivity index (χ0n) is 20.8. The fourth-order valence-electron chi connectivity index (χ4n) is 4.51. The summed E-state index contributed by atoms with van der Waals surface area (Å²) in [4.78, 5) is 21.9. The largest absolute Gasteiger partial charge is 0.493 e. The fraction of sp³-hybridized carbons (Fsp3) is 0.522. The number of piperazine rings is 1. The van der Waals surface area contributed by atoms with Crippen LogP contribution in [0.25, 0.3) is 22.4 Å². The predicted molar refractivity (Wildman–Crippen MR) is 133 cm³/mol. The van der Waals surface area contributed by atoms with Crippen LogP contribution in [0.4, 0.5) is 0 Å². The van der Waals surface area contributed by atoms with E-state index in [2.05, 4.69) is 15.1 Å². The monoisotopic (exact) mass is 520 g/mol. The van der Waals surface area contributed by atoms with Gasteiger partial charge in [-0.05, 0) is 38.1 Å². The van der Waals surface area contributed by atoms with Gasteiger partial charge in [0, 0.05) is 20.1 Å². The number of fused-ring (bicyclic) bond motifs is 1. The van der Waals surface area contributed by atoms with Gasteiger partial charge < -0.3 is 19.9 Å². The molecule has 1 aliphatic rings. The highest BCUT2D eigenvalue weighted by Crippen LogP contribution is 2.33. The molecule has 3 heterocycles. The number of β-amino-alcohol motifs (C(OH)–C–C–N with tert-alkyl or cyclic N) is 2. The predicted octanol–water partition coefficient (Wildman–Crippen LogP) is 0.638. The maximum absolute atomic E-state index is 13.5. The lowest BCUT2D eigenvalue weighted by Gasteiger charge is -2.40.